The minimum absolute atomic E-state index is 0.220. The van der Waals surface area contributed by atoms with Crippen LogP contribution in [0.5, 0.6) is 0 Å². The van der Waals surface area contributed by atoms with Gasteiger partial charge in [0, 0.05) is 18.7 Å². The molecule has 2 aliphatic rings. The number of hydrogen-bond donors (Lipinski definition) is 0. The Balaban J connectivity index is 1.83. The van der Waals surface area contributed by atoms with Gasteiger partial charge in [-0.1, -0.05) is 50.1 Å². The molecule has 2 heterocycles. The van der Waals surface area contributed by atoms with Crippen molar-refractivity contribution < 1.29 is 4.79 Å². The SMILES string of the molecule is CB1CCc2ccc(C(=O)N3CC(C)C(C)C3)cc21. The maximum absolute atomic E-state index is 12.6. The first-order valence-corrected chi connectivity index (χ1v) is 7.48. The predicted molar refractivity (Wildman–Crippen MR) is 80.4 cm³/mol. The Morgan fingerprint density at radius 1 is 1.26 bits per heavy atom. The first-order chi connectivity index (χ1) is 9.06. The minimum atomic E-state index is 0.220. The zero-order valence-electron chi connectivity index (χ0n) is 12.1. The van der Waals surface area contributed by atoms with E-state index in [1.807, 2.05) is 11.0 Å². The van der Waals surface area contributed by atoms with E-state index in [1.54, 1.807) is 0 Å². The van der Waals surface area contributed by atoms with Crippen LogP contribution in [0.4, 0.5) is 0 Å². The van der Waals surface area contributed by atoms with E-state index in [9.17, 15) is 4.79 Å². The molecule has 0 saturated carbocycles. The number of benzene rings is 1. The molecular weight excluding hydrogens is 233 g/mol. The third-order valence-electron chi connectivity index (χ3n) is 5.05. The van der Waals surface area contributed by atoms with E-state index >= 15 is 0 Å². The molecule has 1 fully saturated rings. The second-order valence-corrected chi connectivity index (χ2v) is 6.52. The fourth-order valence-corrected chi connectivity index (χ4v) is 3.42. The molecule has 2 unspecified atom stereocenters. The summed E-state index contributed by atoms with van der Waals surface area (Å²) in [6.07, 6.45) is 2.40. The van der Waals surface area contributed by atoms with Gasteiger partial charge in [-0.2, -0.15) is 0 Å². The zero-order chi connectivity index (χ0) is 13.6. The summed E-state index contributed by atoms with van der Waals surface area (Å²) in [5.74, 6) is 1.47. The molecule has 0 N–H and O–H groups in total. The van der Waals surface area contributed by atoms with Crippen molar-refractivity contribution in [3.63, 3.8) is 0 Å². The van der Waals surface area contributed by atoms with Crippen LogP contribution in [0.2, 0.25) is 13.1 Å². The molecule has 2 aliphatic heterocycles. The van der Waals surface area contributed by atoms with E-state index in [4.69, 9.17) is 0 Å². The lowest BCUT2D eigenvalue weighted by atomic mass is 9.48. The number of likely N-dealkylation sites (tertiary alicyclic amines) is 1. The van der Waals surface area contributed by atoms with Crippen molar-refractivity contribution >= 4 is 18.1 Å². The van der Waals surface area contributed by atoms with Gasteiger partial charge < -0.3 is 4.90 Å². The Bertz CT molecular complexity index is 503. The number of rotatable bonds is 1. The number of carbonyl (C=O) groups excluding carboxylic acids is 1. The number of hydrogen-bond acceptors (Lipinski definition) is 1. The van der Waals surface area contributed by atoms with Crippen molar-refractivity contribution in [1.29, 1.82) is 0 Å². The number of nitrogens with zero attached hydrogens (tertiary/aromatic N) is 1. The van der Waals surface area contributed by atoms with Crippen LogP contribution in [-0.2, 0) is 6.42 Å². The lowest BCUT2D eigenvalue weighted by molar-refractivity contribution is 0.0785. The van der Waals surface area contributed by atoms with Gasteiger partial charge in [0.2, 0.25) is 0 Å². The molecule has 0 spiro atoms. The van der Waals surface area contributed by atoms with E-state index in [0.29, 0.717) is 18.5 Å². The summed E-state index contributed by atoms with van der Waals surface area (Å²) >= 11 is 0. The maximum Gasteiger partial charge on any atom is 0.253 e. The molecule has 1 saturated heterocycles. The highest BCUT2D eigenvalue weighted by molar-refractivity contribution is 6.73. The van der Waals surface area contributed by atoms with Gasteiger partial charge >= 0.3 is 0 Å². The molecule has 0 radical (unpaired) electrons. The molecule has 0 aromatic heterocycles. The fraction of sp³-hybridized carbons (Fsp3) is 0.562. The molecule has 2 nitrogen and oxygen atoms in total. The van der Waals surface area contributed by atoms with Gasteiger partial charge in [-0.15, -0.1) is 0 Å². The van der Waals surface area contributed by atoms with Crippen LogP contribution < -0.4 is 5.46 Å². The Morgan fingerprint density at radius 2 is 1.95 bits per heavy atom. The summed E-state index contributed by atoms with van der Waals surface area (Å²) in [6.45, 7) is 9.17. The van der Waals surface area contributed by atoms with Crippen molar-refractivity contribution in [1.82, 2.24) is 4.90 Å². The quantitative estimate of drug-likeness (QED) is 0.705. The highest BCUT2D eigenvalue weighted by atomic mass is 16.2. The molecule has 0 bridgehead atoms. The van der Waals surface area contributed by atoms with E-state index in [0.717, 1.165) is 18.7 Å². The van der Waals surface area contributed by atoms with E-state index in [1.165, 1.54) is 23.8 Å². The van der Waals surface area contributed by atoms with E-state index in [-0.39, 0.29) is 5.91 Å². The molecule has 1 amide bonds. The van der Waals surface area contributed by atoms with Crippen LogP contribution in [-0.4, -0.2) is 30.6 Å². The third-order valence-corrected chi connectivity index (χ3v) is 5.05. The Morgan fingerprint density at radius 3 is 2.63 bits per heavy atom. The second-order valence-electron chi connectivity index (χ2n) is 6.52. The van der Waals surface area contributed by atoms with Gasteiger partial charge in [-0.3, -0.25) is 4.79 Å². The molecule has 1 aromatic rings. The van der Waals surface area contributed by atoms with Crippen molar-refractivity contribution in [2.45, 2.75) is 33.4 Å². The molecule has 19 heavy (non-hydrogen) atoms. The van der Waals surface area contributed by atoms with Gasteiger partial charge in [0.05, 0.1) is 0 Å². The van der Waals surface area contributed by atoms with Crippen LogP contribution in [0.3, 0.4) is 0 Å². The van der Waals surface area contributed by atoms with Gasteiger partial charge in [-0.05, 0) is 24.3 Å². The average Bonchev–Trinajstić information content (AvgIpc) is 2.93. The van der Waals surface area contributed by atoms with Crippen LogP contribution in [0, 0.1) is 11.8 Å². The lowest BCUT2D eigenvalue weighted by Gasteiger charge is -2.17. The monoisotopic (exact) mass is 255 g/mol. The topological polar surface area (TPSA) is 20.3 Å². The van der Waals surface area contributed by atoms with Gasteiger partial charge in [0.1, 0.15) is 0 Å². The summed E-state index contributed by atoms with van der Waals surface area (Å²) in [6, 6.07) is 6.32. The highest BCUT2D eigenvalue weighted by Crippen LogP contribution is 2.24. The predicted octanol–water partition coefficient (Wildman–Crippen LogP) is 2.30. The van der Waals surface area contributed by atoms with Crippen molar-refractivity contribution in [3.8, 4) is 0 Å². The summed E-state index contributed by atoms with van der Waals surface area (Å²) in [5, 5.41) is 0. The summed E-state index contributed by atoms with van der Waals surface area (Å²) in [7, 11) is 0. The highest BCUT2D eigenvalue weighted by Gasteiger charge is 2.30. The summed E-state index contributed by atoms with van der Waals surface area (Å²) in [4.78, 5) is 14.6. The minimum Gasteiger partial charge on any atom is -0.338 e. The number of amides is 1. The van der Waals surface area contributed by atoms with Crippen LogP contribution >= 0.6 is 0 Å². The largest absolute Gasteiger partial charge is 0.338 e. The first-order valence-electron chi connectivity index (χ1n) is 7.48. The summed E-state index contributed by atoms with van der Waals surface area (Å²) < 4.78 is 0. The molecule has 2 atom stereocenters. The number of aryl methyl sites for hydroxylation is 1. The smallest absolute Gasteiger partial charge is 0.253 e. The van der Waals surface area contributed by atoms with Gasteiger partial charge in [0.25, 0.3) is 5.91 Å². The maximum atomic E-state index is 12.6. The second kappa shape index (κ2) is 4.70. The Hall–Kier alpha value is -1.25. The first kappa shape index (κ1) is 12.8. The van der Waals surface area contributed by atoms with Crippen LogP contribution in [0.15, 0.2) is 18.2 Å². The molecule has 3 rings (SSSR count). The van der Waals surface area contributed by atoms with Crippen molar-refractivity contribution in [2.75, 3.05) is 13.1 Å². The molecule has 3 heteroatoms. The fourth-order valence-electron chi connectivity index (χ4n) is 3.42. The molecule has 1 aromatic carbocycles. The number of fused-ring (bicyclic) bond motifs is 1. The third kappa shape index (κ3) is 2.20. The summed E-state index contributed by atoms with van der Waals surface area (Å²) in [5.41, 5.74) is 3.71. The number of carbonyl (C=O) groups is 1. The van der Waals surface area contributed by atoms with Gasteiger partial charge in [0.15, 0.2) is 6.71 Å². The molecule has 0 aliphatic carbocycles. The Labute approximate surface area is 116 Å². The van der Waals surface area contributed by atoms with Crippen LogP contribution in [0.1, 0.15) is 29.8 Å². The lowest BCUT2D eigenvalue weighted by Crippen LogP contribution is -2.31. The average molecular weight is 255 g/mol. The van der Waals surface area contributed by atoms with Crippen molar-refractivity contribution in [2.24, 2.45) is 11.8 Å². The van der Waals surface area contributed by atoms with E-state index in [2.05, 4.69) is 32.8 Å². The molecular formula is C16H22BNO. The van der Waals surface area contributed by atoms with E-state index < -0.39 is 0 Å². The Kier molecular flexibility index (Phi) is 3.16. The normalized spacial score (nSPS) is 25.8. The molecule has 100 valence electrons. The zero-order valence-corrected chi connectivity index (χ0v) is 12.1. The van der Waals surface area contributed by atoms with Gasteiger partial charge in [-0.25, -0.2) is 0 Å². The van der Waals surface area contributed by atoms with Crippen molar-refractivity contribution in [3.05, 3.63) is 29.3 Å². The standard InChI is InChI=1S/C16H22BNO/c1-11-9-18(10-12(11)2)16(19)14-5-4-13-6-7-17(3)15(13)8-14/h4-5,8,11-12H,6-7,9-10H2,1-3H3. The van der Waals surface area contributed by atoms with Crippen LogP contribution in [0.25, 0.3) is 0 Å².